The standard InChI is InChI=1S/C18H16N2O2/c1-12(10-19)20-18(21)22-11-17-15-8-4-2-6-13(15)14-7-3-5-9-16(14)17/h2-9,12,17H,11H2,1H3,(H,20,21). The Kier molecular flexibility index (Phi) is 3.80. The molecule has 2 aromatic carbocycles. The molecule has 0 bridgehead atoms. The molecule has 1 amide bonds. The molecule has 0 aliphatic heterocycles. The van der Waals surface area contributed by atoms with Gasteiger partial charge in [0.05, 0.1) is 6.07 Å². The second-order valence-electron chi connectivity index (χ2n) is 5.32. The fourth-order valence-electron chi connectivity index (χ4n) is 2.85. The molecular weight excluding hydrogens is 276 g/mol. The van der Waals surface area contributed by atoms with E-state index in [9.17, 15) is 4.79 Å². The number of ether oxygens (including phenoxy) is 1. The number of fused-ring (bicyclic) bond motifs is 3. The number of carbonyl (C=O) groups is 1. The second-order valence-corrected chi connectivity index (χ2v) is 5.32. The third-order valence-electron chi connectivity index (χ3n) is 3.87. The summed E-state index contributed by atoms with van der Waals surface area (Å²) in [7, 11) is 0. The molecule has 1 unspecified atom stereocenters. The normalized spacial score (nSPS) is 13.6. The Hall–Kier alpha value is -2.80. The van der Waals surface area contributed by atoms with Gasteiger partial charge in [0.2, 0.25) is 0 Å². The predicted octanol–water partition coefficient (Wildman–Crippen LogP) is 3.44. The van der Waals surface area contributed by atoms with Gasteiger partial charge in [0.1, 0.15) is 12.6 Å². The molecule has 0 heterocycles. The number of rotatable bonds is 3. The summed E-state index contributed by atoms with van der Waals surface area (Å²) in [5, 5.41) is 11.2. The number of carbonyl (C=O) groups excluding carboxylic acids is 1. The fraction of sp³-hybridized carbons (Fsp3) is 0.222. The first-order valence-corrected chi connectivity index (χ1v) is 7.22. The fourth-order valence-corrected chi connectivity index (χ4v) is 2.85. The number of nitrogens with zero attached hydrogens (tertiary/aromatic N) is 1. The van der Waals surface area contributed by atoms with Crippen molar-refractivity contribution in [1.82, 2.24) is 5.32 Å². The van der Waals surface area contributed by atoms with Crippen molar-refractivity contribution >= 4 is 6.09 Å². The van der Waals surface area contributed by atoms with E-state index in [2.05, 4.69) is 29.6 Å². The predicted molar refractivity (Wildman–Crippen MR) is 83.3 cm³/mol. The molecule has 0 saturated carbocycles. The number of nitriles is 1. The summed E-state index contributed by atoms with van der Waals surface area (Å²) >= 11 is 0. The zero-order valence-electron chi connectivity index (χ0n) is 12.2. The van der Waals surface area contributed by atoms with Crippen LogP contribution in [0.5, 0.6) is 0 Å². The molecular formula is C18H16N2O2. The van der Waals surface area contributed by atoms with E-state index < -0.39 is 12.1 Å². The largest absolute Gasteiger partial charge is 0.449 e. The highest BCUT2D eigenvalue weighted by atomic mass is 16.5. The van der Waals surface area contributed by atoms with Crippen LogP contribution >= 0.6 is 0 Å². The van der Waals surface area contributed by atoms with Gasteiger partial charge in [-0.1, -0.05) is 48.5 Å². The molecule has 0 aromatic heterocycles. The van der Waals surface area contributed by atoms with E-state index in [0.717, 1.165) is 0 Å². The number of benzene rings is 2. The lowest BCUT2D eigenvalue weighted by atomic mass is 9.98. The van der Waals surface area contributed by atoms with Crippen molar-refractivity contribution in [3.63, 3.8) is 0 Å². The van der Waals surface area contributed by atoms with Gasteiger partial charge in [-0.25, -0.2) is 4.79 Å². The van der Waals surface area contributed by atoms with Crippen molar-refractivity contribution in [3.05, 3.63) is 59.7 Å². The van der Waals surface area contributed by atoms with Gasteiger partial charge >= 0.3 is 6.09 Å². The quantitative estimate of drug-likeness (QED) is 0.942. The molecule has 2 aromatic rings. The third-order valence-corrected chi connectivity index (χ3v) is 3.87. The van der Waals surface area contributed by atoms with Crippen LogP contribution < -0.4 is 5.32 Å². The van der Waals surface area contributed by atoms with Crippen LogP contribution in [0.3, 0.4) is 0 Å². The number of hydrogen-bond donors (Lipinski definition) is 1. The highest BCUT2D eigenvalue weighted by Gasteiger charge is 2.29. The molecule has 22 heavy (non-hydrogen) atoms. The summed E-state index contributed by atoms with van der Waals surface area (Å²) in [6.45, 7) is 1.87. The van der Waals surface area contributed by atoms with Crippen LogP contribution in [0.1, 0.15) is 24.0 Å². The third kappa shape index (κ3) is 2.53. The van der Waals surface area contributed by atoms with Crippen molar-refractivity contribution in [2.45, 2.75) is 18.9 Å². The van der Waals surface area contributed by atoms with E-state index in [1.807, 2.05) is 30.3 Å². The van der Waals surface area contributed by atoms with Crippen LogP contribution in [0.2, 0.25) is 0 Å². The molecule has 1 aliphatic carbocycles. The number of nitrogens with one attached hydrogen (secondary N) is 1. The van der Waals surface area contributed by atoms with E-state index in [0.29, 0.717) is 0 Å². The lowest BCUT2D eigenvalue weighted by Crippen LogP contribution is -2.32. The van der Waals surface area contributed by atoms with Crippen LogP contribution in [0, 0.1) is 11.3 Å². The Labute approximate surface area is 129 Å². The zero-order valence-corrected chi connectivity index (χ0v) is 12.2. The van der Waals surface area contributed by atoms with Gasteiger partial charge in [-0.05, 0) is 29.2 Å². The summed E-state index contributed by atoms with van der Waals surface area (Å²) in [6.07, 6.45) is -0.559. The topological polar surface area (TPSA) is 62.1 Å². The molecule has 110 valence electrons. The maximum atomic E-state index is 11.7. The highest BCUT2D eigenvalue weighted by molar-refractivity contribution is 5.79. The van der Waals surface area contributed by atoms with E-state index in [1.54, 1.807) is 6.92 Å². The Morgan fingerprint density at radius 2 is 1.73 bits per heavy atom. The molecule has 3 rings (SSSR count). The van der Waals surface area contributed by atoms with Gasteiger partial charge in [0, 0.05) is 5.92 Å². The van der Waals surface area contributed by atoms with Crippen molar-refractivity contribution in [3.8, 4) is 17.2 Å². The Morgan fingerprint density at radius 3 is 2.27 bits per heavy atom. The lowest BCUT2D eigenvalue weighted by Gasteiger charge is -2.15. The first kappa shape index (κ1) is 14.2. The first-order chi connectivity index (χ1) is 10.7. The van der Waals surface area contributed by atoms with Crippen LogP contribution in [0.15, 0.2) is 48.5 Å². The first-order valence-electron chi connectivity index (χ1n) is 7.22. The Bertz CT molecular complexity index is 703. The average Bonchev–Trinajstić information content (AvgIpc) is 2.87. The van der Waals surface area contributed by atoms with E-state index >= 15 is 0 Å². The van der Waals surface area contributed by atoms with Crippen molar-refractivity contribution in [1.29, 1.82) is 5.26 Å². The van der Waals surface area contributed by atoms with Crippen molar-refractivity contribution < 1.29 is 9.53 Å². The minimum Gasteiger partial charge on any atom is -0.449 e. The minimum atomic E-state index is -0.560. The second kappa shape index (κ2) is 5.90. The molecule has 4 heteroatoms. The summed E-state index contributed by atoms with van der Waals surface area (Å²) in [5.41, 5.74) is 4.73. The van der Waals surface area contributed by atoms with Crippen LogP contribution in [-0.2, 0) is 4.74 Å². The van der Waals surface area contributed by atoms with Crippen LogP contribution in [-0.4, -0.2) is 18.7 Å². The maximum Gasteiger partial charge on any atom is 0.408 e. The SMILES string of the molecule is CC(C#N)NC(=O)OCC1c2ccccc2-c2ccccc21. The van der Waals surface area contributed by atoms with E-state index in [1.165, 1.54) is 22.3 Å². The minimum absolute atomic E-state index is 0.0375. The molecule has 1 aliphatic rings. The summed E-state index contributed by atoms with van der Waals surface area (Å²) in [6, 6.07) is 17.7. The molecule has 1 atom stereocenters. The van der Waals surface area contributed by atoms with E-state index in [-0.39, 0.29) is 12.5 Å². The number of alkyl carbamates (subject to hydrolysis) is 1. The van der Waals surface area contributed by atoms with Crippen LogP contribution in [0.4, 0.5) is 4.79 Å². The Balaban J connectivity index is 1.80. The maximum absolute atomic E-state index is 11.7. The van der Waals surface area contributed by atoms with Gasteiger partial charge in [-0.3, -0.25) is 0 Å². The molecule has 4 nitrogen and oxygen atoms in total. The van der Waals surface area contributed by atoms with Gasteiger partial charge in [-0.2, -0.15) is 5.26 Å². The summed E-state index contributed by atoms with van der Waals surface area (Å²) in [5.74, 6) is 0.0375. The average molecular weight is 292 g/mol. The molecule has 0 spiro atoms. The number of amides is 1. The van der Waals surface area contributed by atoms with Gasteiger partial charge in [-0.15, -0.1) is 0 Å². The summed E-state index contributed by atoms with van der Waals surface area (Å²) in [4.78, 5) is 11.7. The van der Waals surface area contributed by atoms with Gasteiger partial charge < -0.3 is 10.1 Å². The molecule has 1 N–H and O–H groups in total. The molecule has 0 fully saturated rings. The molecule has 0 saturated heterocycles. The van der Waals surface area contributed by atoms with Crippen molar-refractivity contribution in [2.75, 3.05) is 6.61 Å². The van der Waals surface area contributed by atoms with Gasteiger partial charge in [0.25, 0.3) is 0 Å². The zero-order chi connectivity index (χ0) is 15.5. The monoisotopic (exact) mass is 292 g/mol. The van der Waals surface area contributed by atoms with Gasteiger partial charge in [0.15, 0.2) is 0 Å². The number of hydrogen-bond acceptors (Lipinski definition) is 3. The smallest absolute Gasteiger partial charge is 0.408 e. The molecule has 0 radical (unpaired) electrons. The Morgan fingerprint density at radius 1 is 1.18 bits per heavy atom. The van der Waals surface area contributed by atoms with E-state index in [4.69, 9.17) is 10.00 Å². The highest BCUT2D eigenvalue weighted by Crippen LogP contribution is 2.44. The summed E-state index contributed by atoms with van der Waals surface area (Å²) < 4.78 is 5.31. The van der Waals surface area contributed by atoms with Crippen molar-refractivity contribution in [2.24, 2.45) is 0 Å². The lowest BCUT2D eigenvalue weighted by molar-refractivity contribution is 0.141. The van der Waals surface area contributed by atoms with Crippen LogP contribution in [0.25, 0.3) is 11.1 Å².